The van der Waals surface area contributed by atoms with Crippen molar-refractivity contribution in [1.82, 2.24) is 5.32 Å². The van der Waals surface area contributed by atoms with Gasteiger partial charge >= 0.3 is 0 Å². The van der Waals surface area contributed by atoms with Crippen molar-refractivity contribution in [3.05, 3.63) is 0 Å². The lowest BCUT2D eigenvalue weighted by Gasteiger charge is -2.17. The largest absolute Gasteiger partial charge is 0.392 e. The van der Waals surface area contributed by atoms with Crippen LogP contribution < -0.4 is 11.1 Å². The highest BCUT2D eigenvalue weighted by atomic mass is 32.1. The molecule has 0 radical (unpaired) electrons. The molecule has 2 unspecified atom stereocenters. The zero-order valence-corrected chi connectivity index (χ0v) is 10.7. The van der Waals surface area contributed by atoms with E-state index in [1.54, 1.807) is 7.11 Å². The van der Waals surface area contributed by atoms with Crippen LogP contribution in [0.3, 0.4) is 0 Å². The maximum absolute atomic E-state index is 11.6. The monoisotopic (exact) mass is 244 g/mol. The van der Waals surface area contributed by atoms with Gasteiger partial charge in [0.15, 0.2) is 0 Å². The molecule has 1 aliphatic rings. The molecule has 1 aliphatic carbocycles. The normalized spacial score (nSPS) is 18.9. The summed E-state index contributed by atoms with van der Waals surface area (Å²) in [5.41, 5.74) is 5.60. The maximum atomic E-state index is 11.6. The quantitative estimate of drug-likeness (QED) is 0.655. The fraction of sp³-hybridized carbons (Fsp3) is 0.818. The van der Waals surface area contributed by atoms with E-state index in [9.17, 15) is 4.79 Å². The van der Waals surface area contributed by atoms with Crippen molar-refractivity contribution in [2.24, 2.45) is 11.7 Å². The molecule has 92 valence electrons. The second-order valence-corrected chi connectivity index (χ2v) is 4.84. The molecule has 0 saturated heterocycles. The van der Waals surface area contributed by atoms with Crippen LogP contribution in [0.1, 0.15) is 32.6 Å². The molecular weight excluding hydrogens is 224 g/mol. The minimum atomic E-state index is -0.111. The van der Waals surface area contributed by atoms with Gasteiger partial charge in [0.2, 0.25) is 5.91 Å². The molecule has 3 N–H and O–H groups in total. The Hall–Kier alpha value is -0.680. The highest BCUT2D eigenvalue weighted by Crippen LogP contribution is 2.32. The number of ether oxygens (including phenoxy) is 1. The van der Waals surface area contributed by atoms with E-state index >= 15 is 0 Å². The molecule has 0 aliphatic heterocycles. The molecule has 1 saturated carbocycles. The molecule has 5 heteroatoms. The molecular formula is C11H20N2O2S. The van der Waals surface area contributed by atoms with Crippen LogP contribution >= 0.6 is 12.2 Å². The predicted octanol–water partition coefficient (Wildman–Crippen LogP) is 0.982. The number of methoxy groups -OCH3 is 1. The molecule has 0 bridgehead atoms. The van der Waals surface area contributed by atoms with Crippen molar-refractivity contribution in [3.8, 4) is 0 Å². The van der Waals surface area contributed by atoms with Crippen molar-refractivity contribution in [1.29, 1.82) is 0 Å². The number of nitrogens with one attached hydrogen (secondary N) is 1. The second-order valence-electron chi connectivity index (χ2n) is 4.37. The first-order chi connectivity index (χ1) is 7.54. The number of nitrogens with two attached hydrogens (primary N) is 1. The second kappa shape index (κ2) is 6.15. The zero-order valence-electron chi connectivity index (χ0n) is 9.86. The van der Waals surface area contributed by atoms with Crippen molar-refractivity contribution in [3.63, 3.8) is 0 Å². The van der Waals surface area contributed by atoms with Crippen LogP contribution in [0.2, 0.25) is 0 Å². The minimum absolute atomic E-state index is 0.00796. The number of thiocarbonyl (C=S) groups is 1. The van der Waals surface area contributed by atoms with Gasteiger partial charge in [0.25, 0.3) is 0 Å². The summed E-state index contributed by atoms with van der Waals surface area (Å²) in [4.78, 5) is 12.0. The van der Waals surface area contributed by atoms with Crippen LogP contribution in [-0.4, -0.2) is 30.2 Å². The van der Waals surface area contributed by atoms with Gasteiger partial charge in [0.1, 0.15) is 0 Å². The molecule has 0 heterocycles. The summed E-state index contributed by atoms with van der Waals surface area (Å²) in [6.07, 6.45) is 3.50. The predicted molar refractivity (Wildman–Crippen MR) is 67.1 cm³/mol. The SMILES string of the molecule is COC(C)CCC(=O)NC(C(N)=S)C1CC1. The highest BCUT2D eigenvalue weighted by Gasteiger charge is 2.33. The average Bonchev–Trinajstić information content (AvgIpc) is 3.05. The average molecular weight is 244 g/mol. The molecule has 2 atom stereocenters. The third-order valence-corrected chi connectivity index (χ3v) is 3.15. The lowest BCUT2D eigenvalue weighted by Crippen LogP contribution is -2.45. The molecule has 16 heavy (non-hydrogen) atoms. The van der Waals surface area contributed by atoms with Gasteiger partial charge in [0.05, 0.1) is 17.1 Å². The molecule has 1 fully saturated rings. The van der Waals surface area contributed by atoms with E-state index in [0.29, 0.717) is 17.3 Å². The minimum Gasteiger partial charge on any atom is -0.392 e. The Bertz CT molecular complexity index is 267. The lowest BCUT2D eigenvalue weighted by molar-refractivity contribution is -0.122. The number of carbonyl (C=O) groups is 1. The molecule has 0 spiro atoms. The van der Waals surface area contributed by atoms with Gasteiger partial charge in [-0.1, -0.05) is 12.2 Å². The van der Waals surface area contributed by atoms with E-state index in [1.165, 1.54) is 0 Å². The Morgan fingerprint density at radius 2 is 2.25 bits per heavy atom. The summed E-state index contributed by atoms with van der Waals surface area (Å²) in [6, 6.07) is -0.111. The molecule has 4 nitrogen and oxygen atoms in total. The van der Waals surface area contributed by atoms with Gasteiger partial charge in [0, 0.05) is 13.5 Å². The number of carbonyl (C=O) groups excluding carboxylic acids is 1. The summed E-state index contributed by atoms with van der Waals surface area (Å²) in [6.45, 7) is 1.94. The molecule has 0 aromatic carbocycles. The first kappa shape index (κ1) is 13.4. The third kappa shape index (κ3) is 4.45. The van der Waals surface area contributed by atoms with Crippen LogP contribution in [0.15, 0.2) is 0 Å². The van der Waals surface area contributed by atoms with Crippen molar-refractivity contribution < 1.29 is 9.53 Å². The van der Waals surface area contributed by atoms with Gasteiger partial charge < -0.3 is 15.8 Å². The van der Waals surface area contributed by atoms with Gasteiger partial charge in [-0.25, -0.2) is 0 Å². The standard InChI is InChI=1S/C11H20N2O2S/c1-7(15-2)3-6-9(14)13-10(11(12)16)8-4-5-8/h7-8,10H,3-6H2,1-2H3,(H2,12,16)(H,13,14). The van der Waals surface area contributed by atoms with E-state index in [4.69, 9.17) is 22.7 Å². The van der Waals surface area contributed by atoms with E-state index in [-0.39, 0.29) is 18.1 Å². The summed E-state index contributed by atoms with van der Waals surface area (Å²) < 4.78 is 5.08. The van der Waals surface area contributed by atoms with Crippen LogP contribution in [-0.2, 0) is 9.53 Å². The van der Waals surface area contributed by atoms with Gasteiger partial charge in [-0.15, -0.1) is 0 Å². The van der Waals surface area contributed by atoms with Crippen LogP contribution in [0.25, 0.3) is 0 Å². The van der Waals surface area contributed by atoms with Crippen LogP contribution in [0, 0.1) is 5.92 Å². The number of hydrogen-bond acceptors (Lipinski definition) is 3. The molecule has 1 amide bonds. The third-order valence-electron chi connectivity index (χ3n) is 2.90. The van der Waals surface area contributed by atoms with Gasteiger partial charge in [-0.2, -0.15) is 0 Å². The Kier molecular flexibility index (Phi) is 5.15. The van der Waals surface area contributed by atoms with Gasteiger partial charge in [-0.05, 0) is 32.1 Å². The van der Waals surface area contributed by atoms with E-state index < -0.39 is 0 Å². The number of rotatable bonds is 7. The Morgan fingerprint density at radius 3 is 2.69 bits per heavy atom. The van der Waals surface area contributed by atoms with Gasteiger partial charge in [-0.3, -0.25) is 4.79 Å². The topological polar surface area (TPSA) is 64.3 Å². The Morgan fingerprint density at radius 1 is 1.62 bits per heavy atom. The lowest BCUT2D eigenvalue weighted by atomic mass is 10.1. The smallest absolute Gasteiger partial charge is 0.220 e. The summed E-state index contributed by atoms with van der Waals surface area (Å²) in [7, 11) is 1.64. The maximum Gasteiger partial charge on any atom is 0.220 e. The van der Waals surface area contributed by atoms with E-state index in [2.05, 4.69) is 5.32 Å². The number of hydrogen-bond donors (Lipinski definition) is 2. The summed E-state index contributed by atoms with van der Waals surface area (Å²) in [5.74, 6) is 0.467. The van der Waals surface area contributed by atoms with E-state index in [0.717, 1.165) is 19.3 Å². The van der Waals surface area contributed by atoms with Crippen LogP contribution in [0.5, 0.6) is 0 Å². The van der Waals surface area contributed by atoms with Crippen LogP contribution in [0.4, 0.5) is 0 Å². The highest BCUT2D eigenvalue weighted by molar-refractivity contribution is 7.80. The fourth-order valence-electron chi connectivity index (χ4n) is 1.55. The summed E-state index contributed by atoms with van der Waals surface area (Å²) >= 11 is 4.95. The van der Waals surface area contributed by atoms with Crippen molar-refractivity contribution >= 4 is 23.1 Å². The van der Waals surface area contributed by atoms with Crippen molar-refractivity contribution in [2.45, 2.75) is 44.8 Å². The Labute approximate surface area is 102 Å². The first-order valence-corrected chi connectivity index (χ1v) is 6.07. The fourth-order valence-corrected chi connectivity index (χ4v) is 1.80. The molecule has 1 rings (SSSR count). The summed E-state index contributed by atoms with van der Waals surface area (Å²) in [5, 5.41) is 2.90. The molecule has 0 aromatic heterocycles. The number of amides is 1. The Balaban J connectivity index is 2.28. The van der Waals surface area contributed by atoms with E-state index in [1.807, 2.05) is 6.92 Å². The van der Waals surface area contributed by atoms with Crippen molar-refractivity contribution in [2.75, 3.05) is 7.11 Å². The first-order valence-electron chi connectivity index (χ1n) is 5.66. The molecule has 0 aromatic rings. The zero-order chi connectivity index (χ0) is 12.1.